The highest BCUT2D eigenvalue weighted by molar-refractivity contribution is 9.10. The van der Waals surface area contributed by atoms with E-state index in [4.69, 9.17) is 27.8 Å². The van der Waals surface area contributed by atoms with Gasteiger partial charge in [0.2, 0.25) is 5.91 Å². The average Bonchev–Trinajstić information content (AvgIpc) is 2.96. The Morgan fingerprint density at radius 1 is 0.911 bits per heavy atom. The van der Waals surface area contributed by atoms with E-state index in [9.17, 15) is 18.0 Å². The minimum Gasteiger partial charge on any atom is -0.351 e. The highest BCUT2D eigenvalue weighted by Gasteiger charge is 2.24. The number of nitrogens with one attached hydrogen (secondary N) is 2. The second-order valence-corrected chi connectivity index (χ2v) is 14.9. The third-order valence-electron chi connectivity index (χ3n) is 7.28. The molecule has 11 heteroatoms. The molecule has 0 saturated heterocycles. The van der Waals surface area contributed by atoms with Crippen LogP contribution >= 0.6 is 39.1 Å². The predicted molar refractivity (Wildman–Crippen MR) is 185 cm³/mol. The molecule has 236 valence electrons. The van der Waals surface area contributed by atoms with Gasteiger partial charge in [0.25, 0.3) is 16.0 Å². The zero-order chi connectivity index (χ0) is 32.9. The molecule has 0 radical (unpaired) electrons. The van der Waals surface area contributed by atoms with Gasteiger partial charge in [0.05, 0.1) is 11.7 Å². The molecule has 0 aliphatic rings. The monoisotopic (exact) mass is 730 g/mol. The van der Waals surface area contributed by atoms with Gasteiger partial charge in [-0.05, 0) is 70.5 Å². The van der Waals surface area contributed by atoms with Crippen LogP contribution in [0.15, 0.2) is 89.4 Å². The van der Waals surface area contributed by atoms with E-state index < -0.39 is 27.7 Å². The first-order chi connectivity index (χ1) is 21.1. The third kappa shape index (κ3) is 9.64. The molecule has 3 N–H and O–H groups in total. The molecule has 1 unspecified atom stereocenters. The summed E-state index contributed by atoms with van der Waals surface area (Å²) in [4.78, 5) is 26.4. The number of carbonyl (C=O) groups excluding carboxylic acids is 2. The standard InChI is InChI=1S/C34H33BrCl2N2O5S/c1-34(2,3)25-10-6-22(7-11-25)29(18-23-4-5-24(19-30(23)35)32(40)38-16-17-45(42,43)44)33(41)39-27-13-8-21(9-14-27)28-15-12-26(36)20-31(28)37/h4-15,19-20,29H,16-18H2,1-3H3,(H,38,40)(H,39,41)(H,42,43,44). The van der Waals surface area contributed by atoms with Gasteiger partial charge in [-0.1, -0.05) is 108 Å². The molecule has 0 saturated carbocycles. The number of hydrogen-bond acceptors (Lipinski definition) is 4. The van der Waals surface area contributed by atoms with Crippen LogP contribution in [0, 0.1) is 0 Å². The maximum absolute atomic E-state index is 13.8. The molecule has 4 aromatic rings. The van der Waals surface area contributed by atoms with Crippen LogP contribution in [-0.2, 0) is 26.7 Å². The Labute approximate surface area is 282 Å². The van der Waals surface area contributed by atoms with Crippen LogP contribution in [0.4, 0.5) is 5.69 Å². The molecule has 0 bridgehead atoms. The molecule has 4 aromatic carbocycles. The smallest absolute Gasteiger partial charge is 0.266 e. The molecular formula is C34H33BrCl2N2O5S. The quantitative estimate of drug-likeness (QED) is 0.142. The van der Waals surface area contributed by atoms with Gasteiger partial charge in [0.1, 0.15) is 0 Å². The van der Waals surface area contributed by atoms with Crippen LogP contribution in [0.2, 0.25) is 10.0 Å². The second kappa shape index (κ2) is 14.5. The molecule has 0 aliphatic carbocycles. The van der Waals surface area contributed by atoms with Crippen LogP contribution in [0.1, 0.15) is 53.7 Å². The number of halogens is 3. The van der Waals surface area contributed by atoms with Crippen molar-refractivity contribution in [3.05, 3.63) is 122 Å². The van der Waals surface area contributed by atoms with Crippen molar-refractivity contribution in [3.63, 3.8) is 0 Å². The molecule has 0 heterocycles. The Bertz CT molecular complexity index is 1810. The SMILES string of the molecule is CC(C)(C)c1ccc(C(Cc2ccc(C(=O)NCCS(=O)(=O)O)cc2Br)C(=O)Nc2ccc(-c3ccc(Cl)cc3Cl)cc2)cc1. The number of rotatable bonds is 10. The first kappa shape index (κ1) is 34.7. The molecule has 4 rings (SSSR count). The van der Waals surface area contributed by atoms with Crippen LogP contribution in [0.3, 0.4) is 0 Å². The molecule has 0 aromatic heterocycles. The van der Waals surface area contributed by atoms with E-state index in [-0.39, 0.29) is 17.9 Å². The fourth-order valence-electron chi connectivity index (χ4n) is 4.73. The Hall–Kier alpha value is -3.21. The van der Waals surface area contributed by atoms with E-state index in [0.717, 1.165) is 27.8 Å². The summed E-state index contributed by atoms with van der Waals surface area (Å²) in [6.07, 6.45) is 0.338. The summed E-state index contributed by atoms with van der Waals surface area (Å²) < 4.78 is 31.4. The van der Waals surface area contributed by atoms with Gasteiger partial charge in [0, 0.05) is 37.9 Å². The van der Waals surface area contributed by atoms with E-state index in [1.165, 1.54) is 0 Å². The lowest BCUT2D eigenvalue weighted by atomic mass is 9.84. The van der Waals surface area contributed by atoms with Crippen LogP contribution in [0.25, 0.3) is 11.1 Å². The van der Waals surface area contributed by atoms with E-state index in [1.807, 2.05) is 54.6 Å². The summed E-state index contributed by atoms with van der Waals surface area (Å²) in [5, 5.41) is 6.61. The van der Waals surface area contributed by atoms with Crippen molar-refractivity contribution >= 4 is 66.8 Å². The molecule has 0 aliphatic heterocycles. The lowest BCUT2D eigenvalue weighted by Crippen LogP contribution is -2.29. The van der Waals surface area contributed by atoms with E-state index >= 15 is 0 Å². The topological polar surface area (TPSA) is 113 Å². The third-order valence-corrected chi connectivity index (χ3v) is 9.28. The minimum absolute atomic E-state index is 0.0498. The summed E-state index contributed by atoms with van der Waals surface area (Å²) in [7, 11) is -4.19. The van der Waals surface area contributed by atoms with Gasteiger partial charge in [-0.25, -0.2) is 0 Å². The number of carbonyl (C=O) groups is 2. The van der Waals surface area contributed by atoms with Crippen molar-refractivity contribution in [3.8, 4) is 11.1 Å². The number of anilines is 1. The minimum atomic E-state index is -4.19. The van der Waals surface area contributed by atoms with Crippen molar-refractivity contribution in [2.75, 3.05) is 17.6 Å². The number of amides is 2. The lowest BCUT2D eigenvalue weighted by molar-refractivity contribution is -0.117. The summed E-state index contributed by atoms with van der Waals surface area (Å²) in [6.45, 7) is 6.16. The lowest BCUT2D eigenvalue weighted by Gasteiger charge is -2.22. The van der Waals surface area contributed by atoms with Gasteiger partial charge in [-0.2, -0.15) is 8.42 Å². The normalized spacial score (nSPS) is 12.4. The van der Waals surface area contributed by atoms with Crippen molar-refractivity contribution in [2.24, 2.45) is 0 Å². The largest absolute Gasteiger partial charge is 0.351 e. The zero-order valence-electron chi connectivity index (χ0n) is 24.9. The summed E-state index contributed by atoms with van der Waals surface area (Å²) in [6, 6.07) is 25.7. The molecule has 1 atom stereocenters. The molecule has 7 nitrogen and oxygen atoms in total. The zero-order valence-corrected chi connectivity index (χ0v) is 28.8. The van der Waals surface area contributed by atoms with E-state index in [2.05, 4.69) is 47.3 Å². The first-order valence-electron chi connectivity index (χ1n) is 14.1. The Morgan fingerprint density at radius 2 is 1.58 bits per heavy atom. The number of benzene rings is 4. The Kier molecular flexibility index (Phi) is 11.2. The van der Waals surface area contributed by atoms with Gasteiger partial charge in [0.15, 0.2) is 0 Å². The summed E-state index contributed by atoms with van der Waals surface area (Å²) in [5.41, 5.74) is 5.38. The summed E-state index contributed by atoms with van der Waals surface area (Å²) in [5.74, 6) is -1.83. The average molecular weight is 733 g/mol. The van der Waals surface area contributed by atoms with Crippen LogP contribution < -0.4 is 10.6 Å². The van der Waals surface area contributed by atoms with Gasteiger partial charge < -0.3 is 10.6 Å². The molecule has 45 heavy (non-hydrogen) atoms. The fraction of sp³-hybridized carbons (Fsp3) is 0.235. The van der Waals surface area contributed by atoms with Crippen LogP contribution in [-0.4, -0.2) is 37.1 Å². The van der Waals surface area contributed by atoms with Crippen molar-refractivity contribution in [1.29, 1.82) is 0 Å². The van der Waals surface area contributed by atoms with Crippen molar-refractivity contribution in [2.45, 2.75) is 38.5 Å². The van der Waals surface area contributed by atoms with E-state index in [1.54, 1.807) is 30.3 Å². The number of hydrogen-bond donors (Lipinski definition) is 3. The predicted octanol–water partition coefficient (Wildman–Crippen LogP) is 8.30. The molecule has 2 amide bonds. The van der Waals surface area contributed by atoms with Crippen molar-refractivity contribution in [1.82, 2.24) is 5.32 Å². The van der Waals surface area contributed by atoms with E-state index in [0.29, 0.717) is 32.2 Å². The molecular weight excluding hydrogens is 699 g/mol. The molecule has 0 fully saturated rings. The molecule has 0 spiro atoms. The van der Waals surface area contributed by atoms with Crippen molar-refractivity contribution < 1.29 is 22.6 Å². The highest BCUT2D eigenvalue weighted by atomic mass is 79.9. The fourth-order valence-corrected chi connectivity index (χ4v) is 6.15. The van der Waals surface area contributed by atoms with Crippen LogP contribution in [0.5, 0.6) is 0 Å². The van der Waals surface area contributed by atoms with Gasteiger partial charge in [-0.15, -0.1) is 0 Å². The van der Waals surface area contributed by atoms with Gasteiger partial charge in [-0.3, -0.25) is 14.1 Å². The highest BCUT2D eigenvalue weighted by Crippen LogP contribution is 2.33. The maximum atomic E-state index is 13.8. The maximum Gasteiger partial charge on any atom is 0.266 e. The Morgan fingerprint density at radius 3 is 2.16 bits per heavy atom. The first-order valence-corrected chi connectivity index (χ1v) is 17.2. The second-order valence-electron chi connectivity index (χ2n) is 11.7. The Balaban J connectivity index is 1.57. The van der Waals surface area contributed by atoms with Gasteiger partial charge >= 0.3 is 0 Å². The summed E-state index contributed by atoms with van der Waals surface area (Å²) >= 11 is 16.0.